The predicted octanol–water partition coefficient (Wildman–Crippen LogP) is 1.76. The lowest BCUT2D eigenvalue weighted by Gasteiger charge is -2.24. The molecule has 0 aliphatic carbocycles. The fourth-order valence-corrected chi connectivity index (χ4v) is 1.78. The van der Waals surface area contributed by atoms with E-state index in [2.05, 4.69) is 9.36 Å². The van der Waals surface area contributed by atoms with Gasteiger partial charge in [-0.15, -0.1) is 0 Å². The van der Waals surface area contributed by atoms with Gasteiger partial charge in [0.1, 0.15) is 0 Å². The van der Waals surface area contributed by atoms with Crippen molar-refractivity contribution >= 4 is 16.7 Å². The van der Waals surface area contributed by atoms with Crippen molar-refractivity contribution < 1.29 is 18.3 Å². The van der Waals surface area contributed by atoms with E-state index in [0.717, 1.165) is 0 Å². The van der Waals surface area contributed by atoms with Crippen LogP contribution in [0.2, 0.25) is 0 Å². The highest BCUT2D eigenvalue weighted by Gasteiger charge is 2.36. The molecule has 1 N–H and O–H groups in total. The molecule has 1 rings (SSSR count). The number of hydrogen-bond acceptors (Lipinski definition) is 5. The maximum Gasteiger partial charge on any atom is 0.452 e. The first kappa shape index (κ1) is 13.2. The van der Waals surface area contributed by atoms with Gasteiger partial charge in [0.05, 0.1) is 5.60 Å². The number of anilines is 1. The van der Waals surface area contributed by atoms with E-state index in [1.165, 1.54) is 4.90 Å². The molecule has 0 bridgehead atoms. The lowest BCUT2D eigenvalue weighted by Crippen LogP contribution is -2.36. The highest BCUT2D eigenvalue weighted by atomic mass is 32.1. The fourth-order valence-electron chi connectivity index (χ4n) is 1.13. The van der Waals surface area contributed by atoms with Gasteiger partial charge in [-0.3, -0.25) is 0 Å². The molecule has 1 heterocycles. The second-order valence-electron chi connectivity index (χ2n) is 4.07. The Morgan fingerprint density at radius 3 is 2.31 bits per heavy atom. The summed E-state index contributed by atoms with van der Waals surface area (Å²) < 4.78 is 39.9. The van der Waals surface area contributed by atoms with Gasteiger partial charge in [0, 0.05) is 25.1 Å². The zero-order chi connectivity index (χ0) is 12.6. The second kappa shape index (κ2) is 4.17. The monoisotopic (exact) mass is 255 g/mol. The molecule has 16 heavy (non-hydrogen) atoms. The molecule has 0 saturated heterocycles. The number of alkyl halides is 3. The molecule has 0 aliphatic rings. The SMILES string of the molecule is CN(CC(C)(C)O)c1nc(C(F)(F)F)ns1. The van der Waals surface area contributed by atoms with Crippen molar-refractivity contribution in [3.05, 3.63) is 5.82 Å². The zero-order valence-corrected chi connectivity index (χ0v) is 9.85. The van der Waals surface area contributed by atoms with Crippen LogP contribution in [0.1, 0.15) is 19.7 Å². The van der Waals surface area contributed by atoms with E-state index in [4.69, 9.17) is 0 Å². The van der Waals surface area contributed by atoms with E-state index >= 15 is 0 Å². The average molecular weight is 255 g/mol. The third-order valence-corrected chi connectivity index (χ3v) is 2.45. The topological polar surface area (TPSA) is 49.2 Å². The van der Waals surface area contributed by atoms with Crippen molar-refractivity contribution in [2.24, 2.45) is 0 Å². The summed E-state index contributed by atoms with van der Waals surface area (Å²) >= 11 is 0.659. The first-order valence-corrected chi connectivity index (χ1v) is 5.21. The van der Waals surface area contributed by atoms with Gasteiger partial charge in [-0.05, 0) is 13.8 Å². The van der Waals surface area contributed by atoms with Gasteiger partial charge in [-0.2, -0.15) is 22.5 Å². The Balaban J connectivity index is 2.79. The van der Waals surface area contributed by atoms with Crippen molar-refractivity contribution in [2.75, 3.05) is 18.5 Å². The molecular weight excluding hydrogens is 243 g/mol. The summed E-state index contributed by atoms with van der Waals surface area (Å²) in [5, 5.41) is 9.64. The summed E-state index contributed by atoms with van der Waals surface area (Å²) in [4.78, 5) is 4.80. The lowest BCUT2D eigenvalue weighted by atomic mass is 10.1. The number of rotatable bonds is 3. The summed E-state index contributed by atoms with van der Waals surface area (Å²) in [6, 6.07) is 0. The summed E-state index contributed by atoms with van der Waals surface area (Å²) in [5.74, 6) is -1.14. The molecule has 0 unspecified atom stereocenters. The van der Waals surface area contributed by atoms with Crippen LogP contribution < -0.4 is 4.90 Å². The standard InChI is InChI=1S/C8H12F3N3OS/c1-7(2,15)4-14(3)6-12-5(13-16-6)8(9,10)11/h15H,4H2,1-3H3. The van der Waals surface area contributed by atoms with Gasteiger partial charge in [0.15, 0.2) is 0 Å². The quantitative estimate of drug-likeness (QED) is 0.894. The highest BCUT2D eigenvalue weighted by molar-refractivity contribution is 7.09. The maximum absolute atomic E-state index is 12.2. The molecule has 0 spiro atoms. The third-order valence-electron chi connectivity index (χ3n) is 1.62. The molecule has 8 heteroatoms. The number of nitrogens with zero attached hydrogens (tertiary/aromatic N) is 3. The smallest absolute Gasteiger partial charge is 0.389 e. The Kier molecular flexibility index (Phi) is 3.44. The first-order valence-electron chi connectivity index (χ1n) is 4.44. The van der Waals surface area contributed by atoms with Crippen molar-refractivity contribution in [1.82, 2.24) is 9.36 Å². The van der Waals surface area contributed by atoms with Crippen LogP contribution in [0, 0.1) is 0 Å². The van der Waals surface area contributed by atoms with Crippen LogP contribution in [0.15, 0.2) is 0 Å². The van der Waals surface area contributed by atoms with Crippen LogP contribution in [0.25, 0.3) is 0 Å². The number of hydrogen-bond donors (Lipinski definition) is 1. The molecular formula is C8H12F3N3OS. The van der Waals surface area contributed by atoms with Crippen LogP contribution >= 0.6 is 11.5 Å². The molecule has 92 valence electrons. The van der Waals surface area contributed by atoms with Crippen LogP contribution in [-0.4, -0.2) is 33.7 Å². The molecule has 1 aromatic rings. The number of likely N-dealkylation sites (N-methyl/N-ethyl adjacent to an activating group) is 1. The zero-order valence-electron chi connectivity index (χ0n) is 9.04. The van der Waals surface area contributed by atoms with Crippen molar-refractivity contribution in [3.63, 3.8) is 0 Å². The van der Waals surface area contributed by atoms with Gasteiger partial charge in [-0.25, -0.2) is 0 Å². The normalized spacial score (nSPS) is 12.9. The Morgan fingerprint density at radius 2 is 1.94 bits per heavy atom. The minimum atomic E-state index is -4.52. The average Bonchev–Trinajstić information content (AvgIpc) is 2.46. The summed E-state index contributed by atoms with van der Waals surface area (Å²) in [6.45, 7) is 3.31. The van der Waals surface area contributed by atoms with Crippen LogP contribution in [-0.2, 0) is 6.18 Å². The number of aromatic nitrogens is 2. The minimum Gasteiger partial charge on any atom is -0.389 e. The van der Waals surface area contributed by atoms with Gasteiger partial charge in [-0.1, -0.05) is 0 Å². The van der Waals surface area contributed by atoms with E-state index in [-0.39, 0.29) is 11.7 Å². The molecule has 0 aromatic carbocycles. The van der Waals surface area contributed by atoms with E-state index in [9.17, 15) is 18.3 Å². The molecule has 0 amide bonds. The summed E-state index contributed by atoms with van der Waals surface area (Å²) in [6.07, 6.45) is -4.52. The van der Waals surface area contributed by atoms with Crippen molar-refractivity contribution in [2.45, 2.75) is 25.6 Å². The van der Waals surface area contributed by atoms with E-state index in [1.807, 2.05) is 0 Å². The van der Waals surface area contributed by atoms with Gasteiger partial charge >= 0.3 is 6.18 Å². The Bertz CT molecular complexity index is 358. The summed E-state index contributed by atoms with van der Waals surface area (Å²) in [5.41, 5.74) is -1.00. The van der Waals surface area contributed by atoms with Gasteiger partial charge in [0.25, 0.3) is 0 Å². The first-order chi connectivity index (χ1) is 7.09. The third kappa shape index (κ3) is 3.60. The largest absolute Gasteiger partial charge is 0.452 e. The molecule has 0 atom stereocenters. The molecule has 0 aliphatic heterocycles. The Hall–Kier alpha value is -0.890. The van der Waals surface area contributed by atoms with Crippen molar-refractivity contribution in [1.29, 1.82) is 0 Å². The molecule has 4 nitrogen and oxygen atoms in total. The fraction of sp³-hybridized carbons (Fsp3) is 0.750. The second-order valence-corrected chi connectivity index (χ2v) is 4.80. The highest BCUT2D eigenvalue weighted by Crippen LogP contribution is 2.30. The number of halogens is 3. The van der Waals surface area contributed by atoms with Gasteiger partial charge < -0.3 is 10.0 Å². The predicted molar refractivity (Wildman–Crippen MR) is 54.5 cm³/mol. The van der Waals surface area contributed by atoms with E-state index in [1.54, 1.807) is 20.9 Å². The van der Waals surface area contributed by atoms with E-state index < -0.39 is 17.6 Å². The van der Waals surface area contributed by atoms with Crippen LogP contribution in [0.5, 0.6) is 0 Å². The maximum atomic E-state index is 12.2. The van der Waals surface area contributed by atoms with Crippen molar-refractivity contribution in [3.8, 4) is 0 Å². The van der Waals surface area contributed by atoms with Crippen LogP contribution in [0.4, 0.5) is 18.3 Å². The molecule has 0 radical (unpaired) electrons. The lowest BCUT2D eigenvalue weighted by molar-refractivity contribution is -0.144. The molecule has 0 saturated carbocycles. The molecule has 1 aromatic heterocycles. The molecule has 0 fully saturated rings. The summed E-state index contributed by atoms with van der Waals surface area (Å²) in [7, 11) is 1.55. The Labute approximate surface area is 94.9 Å². The van der Waals surface area contributed by atoms with E-state index in [0.29, 0.717) is 11.5 Å². The minimum absolute atomic E-state index is 0.134. The number of aliphatic hydroxyl groups is 1. The van der Waals surface area contributed by atoms with Crippen LogP contribution in [0.3, 0.4) is 0 Å². The van der Waals surface area contributed by atoms with Gasteiger partial charge in [0.2, 0.25) is 11.0 Å². The Morgan fingerprint density at radius 1 is 1.38 bits per heavy atom.